The summed E-state index contributed by atoms with van der Waals surface area (Å²) in [5.74, 6) is 1.97. The molecule has 2 amide bonds. The topological polar surface area (TPSA) is 107 Å². The number of aromatic nitrogens is 1. The first-order valence-corrected chi connectivity index (χ1v) is 10.0. The van der Waals surface area contributed by atoms with Crippen LogP contribution in [-0.4, -0.2) is 71.0 Å². The Morgan fingerprint density at radius 2 is 2.11 bits per heavy atom. The van der Waals surface area contributed by atoms with Crippen molar-refractivity contribution in [2.45, 2.75) is 6.42 Å². The van der Waals surface area contributed by atoms with Gasteiger partial charge in [0.25, 0.3) is 11.1 Å². The largest absolute Gasteiger partial charge is 0.459 e. The Hall–Kier alpha value is -2.93. The molecular weight excluding hydrogens is 382 g/mol. The highest BCUT2D eigenvalue weighted by Crippen LogP contribution is 2.29. The van der Waals surface area contributed by atoms with E-state index in [1.807, 2.05) is 4.90 Å². The van der Waals surface area contributed by atoms with Crippen molar-refractivity contribution in [2.24, 2.45) is 0 Å². The fourth-order valence-electron chi connectivity index (χ4n) is 3.28. The Balaban J connectivity index is 1.34. The molecule has 0 atom stereocenters. The third-order valence-electron chi connectivity index (χ3n) is 4.81. The standard InChI is InChI=1S/C18H19N5O4S/c19-12-13-17(27-16(20-13)14-2-1-10-26-14)22-7-5-21(6-8-22)15(24)3-4-23-9-11-28-18(23)25/h1-2,10H,3-9,11H2. The first kappa shape index (κ1) is 18.4. The number of carbonyl (C=O) groups is 2. The molecular formula is C18H19N5O4S. The van der Waals surface area contributed by atoms with Crippen LogP contribution < -0.4 is 4.90 Å². The molecule has 2 aliphatic heterocycles. The Morgan fingerprint density at radius 3 is 2.75 bits per heavy atom. The second kappa shape index (κ2) is 7.98. The third-order valence-corrected chi connectivity index (χ3v) is 5.70. The summed E-state index contributed by atoms with van der Waals surface area (Å²) in [4.78, 5) is 33.7. The minimum absolute atomic E-state index is 0.0405. The number of hydrogen-bond donors (Lipinski definition) is 0. The maximum atomic E-state index is 12.4. The lowest BCUT2D eigenvalue weighted by atomic mass is 10.2. The lowest BCUT2D eigenvalue weighted by molar-refractivity contribution is -0.131. The highest BCUT2D eigenvalue weighted by atomic mass is 32.2. The Morgan fingerprint density at radius 1 is 1.29 bits per heavy atom. The van der Waals surface area contributed by atoms with Crippen LogP contribution in [0.15, 0.2) is 27.2 Å². The second-order valence-corrected chi connectivity index (χ2v) is 7.53. The molecule has 2 aromatic rings. The highest BCUT2D eigenvalue weighted by molar-refractivity contribution is 8.13. The number of rotatable bonds is 5. The lowest BCUT2D eigenvalue weighted by Gasteiger charge is -2.34. The molecule has 2 fully saturated rings. The van der Waals surface area contributed by atoms with Crippen molar-refractivity contribution in [2.75, 3.05) is 49.9 Å². The summed E-state index contributed by atoms with van der Waals surface area (Å²) in [5.41, 5.74) is 0.205. The number of nitrogens with zero attached hydrogens (tertiary/aromatic N) is 5. The molecule has 9 nitrogen and oxygen atoms in total. The van der Waals surface area contributed by atoms with Crippen LogP contribution in [0.5, 0.6) is 0 Å². The zero-order chi connectivity index (χ0) is 19.5. The number of thioether (sulfide) groups is 1. The normalized spacial score (nSPS) is 17.2. The summed E-state index contributed by atoms with van der Waals surface area (Å²) in [7, 11) is 0. The number of anilines is 1. The molecule has 0 saturated carbocycles. The Labute approximate surface area is 165 Å². The first-order valence-electron chi connectivity index (χ1n) is 9.05. The molecule has 0 aromatic carbocycles. The minimum Gasteiger partial charge on any atom is -0.459 e. The molecule has 0 aliphatic carbocycles. The van der Waals surface area contributed by atoms with Gasteiger partial charge in [0.15, 0.2) is 5.76 Å². The smallest absolute Gasteiger partial charge is 0.281 e. The van der Waals surface area contributed by atoms with Gasteiger partial charge in [-0.05, 0) is 12.1 Å². The summed E-state index contributed by atoms with van der Waals surface area (Å²) in [6.45, 7) is 3.34. The van der Waals surface area contributed by atoms with E-state index in [4.69, 9.17) is 8.83 Å². The van der Waals surface area contributed by atoms with E-state index in [0.717, 1.165) is 5.75 Å². The number of piperazine rings is 1. The predicted octanol–water partition coefficient (Wildman–Crippen LogP) is 2.01. The van der Waals surface area contributed by atoms with Crippen LogP contribution in [0.2, 0.25) is 0 Å². The van der Waals surface area contributed by atoms with E-state index in [2.05, 4.69) is 11.1 Å². The van der Waals surface area contributed by atoms with E-state index >= 15 is 0 Å². The fraction of sp³-hybridized carbons (Fsp3) is 0.444. The molecule has 0 unspecified atom stereocenters. The summed E-state index contributed by atoms with van der Waals surface area (Å²) >= 11 is 1.30. The monoisotopic (exact) mass is 401 g/mol. The molecule has 0 spiro atoms. The maximum Gasteiger partial charge on any atom is 0.281 e. The lowest BCUT2D eigenvalue weighted by Crippen LogP contribution is -2.49. The molecule has 2 saturated heterocycles. The average Bonchev–Trinajstić information content (AvgIpc) is 3.46. The van der Waals surface area contributed by atoms with Gasteiger partial charge in [-0.2, -0.15) is 10.2 Å². The van der Waals surface area contributed by atoms with Gasteiger partial charge in [-0.15, -0.1) is 0 Å². The minimum atomic E-state index is 0.0405. The van der Waals surface area contributed by atoms with Crippen molar-refractivity contribution in [3.8, 4) is 17.7 Å². The third kappa shape index (κ3) is 3.71. The van der Waals surface area contributed by atoms with Gasteiger partial charge in [-0.3, -0.25) is 9.59 Å². The van der Waals surface area contributed by atoms with Gasteiger partial charge in [0.1, 0.15) is 6.07 Å². The van der Waals surface area contributed by atoms with Gasteiger partial charge in [-0.25, -0.2) is 0 Å². The molecule has 10 heteroatoms. The number of furan rings is 1. The number of oxazole rings is 1. The van der Waals surface area contributed by atoms with E-state index in [1.54, 1.807) is 21.9 Å². The number of nitriles is 1. The molecule has 0 N–H and O–H groups in total. The van der Waals surface area contributed by atoms with Crippen molar-refractivity contribution >= 4 is 28.8 Å². The number of hydrogen-bond acceptors (Lipinski definition) is 8. The van der Waals surface area contributed by atoms with Crippen molar-refractivity contribution in [1.82, 2.24) is 14.8 Å². The first-order chi connectivity index (χ1) is 13.7. The average molecular weight is 401 g/mol. The Bertz CT molecular complexity index is 896. The SMILES string of the molecule is N#Cc1nc(-c2ccco2)oc1N1CCN(C(=O)CCN2CCSC2=O)CC1. The van der Waals surface area contributed by atoms with Crippen LogP contribution in [-0.2, 0) is 4.79 Å². The summed E-state index contributed by atoms with van der Waals surface area (Å²) in [6.07, 6.45) is 1.85. The van der Waals surface area contributed by atoms with Crippen LogP contribution in [0.1, 0.15) is 12.1 Å². The van der Waals surface area contributed by atoms with Gasteiger partial charge in [0, 0.05) is 51.4 Å². The quantitative estimate of drug-likeness (QED) is 0.749. The van der Waals surface area contributed by atoms with Crippen molar-refractivity contribution < 1.29 is 18.4 Å². The molecule has 4 heterocycles. The molecule has 146 valence electrons. The molecule has 2 aliphatic rings. The van der Waals surface area contributed by atoms with Gasteiger partial charge in [0.05, 0.1) is 6.26 Å². The van der Waals surface area contributed by atoms with Crippen LogP contribution in [0.25, 0.3) is 11.7 Å². The number of carbonyl (C=O) groups excluding carboxylic acids is 2. The van der Waals surface area contributed by atoms with Crippen molar-refractivity contribution in [1.29, 1.82) is 5.26 Å². The zero-order valence-corrected chi connectivity index (χ0v) is 16.0. The van der Waals surface area contributed by atoms with Crippen molar-refractivity contribution in [3.63, 3.8) is 0 Å². The molecule has 0 bridgehead atoms. The van der Waals surface area contributed by atoms with Gasteiger partial charge in [-0.1, -0.05) is 11.8 Å². The van der Waals surface area contributed by atoms with Gasteiger partial charge in [0.2, 0.25) is 17.5 Å². The second-order valence-electron chi connectivity index (χ2n) is 6.48. The van der Waals surface area contributed by atoms with Gasteiger partial charge < -0.3 is 23.5 Å². The van der Waals surface area contributed by atoms with Crippen LogP contribution in [0.3, 0.4) is 0 Å². The van der Waals surface area contributed by atoms with Crippen LogP contribution in [0, 0.1) is 11.3 Å². The van der Waals surface area contributed by atoms with Crippen LogP contribution in [0.4, 0.5) is 10.7 Å². The maximum absolute atomic E-state index is 12.4. The van der Waals surface area contributed by atoms with E-state index < -0.39 is 0 Å². The van der Waals surface area contributed by atoms with E-state index in [1.165, 1.54) is 18.0 Å². The summed E-state index contributed by atoms with van der Waals surface area (Å²) in [6, 6.07) is 5.50. The summed E-state index contributed by atoms with van der Waals surface area (Å²) in [5, 5.41) is 9.42. The zero-order valence-electron chi connectivity index (χ0n) is 15.2. The highest BCUT2D eigenvalue weighted by Gasteiger charge is 2.28. The Kier molecular flexibility index (Phi) is 5.25. The molecule has 2 aromatic heterocycles. The number of amides is 2. The van der Waals surface area contributed by atoms with Crippen molar-refractivity contribution in [3.05, 3.63) is 24.1 Å². The summed E-state index contributed by atoms with van der Waals surface area (Å²) < 4.78 is 11.0. The fourth-order valence-corrected chi connectivity index (χ4v) is 4.13. The van der Waals surface area contributed by atoms with Gasteiger partial charge >= 0.3 is 0 Å². The van der Waals surface area contributed by atoms with E-state index in [0.29, 0.717) is 57.3 Å². The van der Waals surface area contributed by atoms with E-state index in [9.17, 15) is 14.9 Å². The molecule has 4 rings (SSSR count). The van der Waals surface area contributed by atoms with Crippen LogP contribution >= 0.6 is 11.8 Å². The predicted molar refractivity (Wildman–Crippen MR) is 102 cm³/mol. The molecule has 0 radical (unpaired) electrons. The van der Waals surface area contributed by atoms with E-state index in [-0.39, 0.29) is 22.7 Å². The molecule has 28 heavy (non-hydrogen) atoms.